The second-order valence-electron chi connectivity index (χ2n) is 13.6. The number of aromatic nitrogens is 2. The first-order valence-corrected chi connectivity index (χ1v) is 18.3. The molecule has 3 nitrogen and oxygen atoms in total. The van der Waals surface area contributed by atoms with Crippen molar-refractivity contribution in [2.45, 2.75) is 38.1 Å². The molecule has 6 aromatic carbocycles. The molecule has 11 rings (SSSR count). The van der Waals surface area contributed by atoms with Gasteiger partial charge in [0.05, 0.1) is 34.0 Å². The predicted molar refractivity (Wildman–Crippen MR) is 210 cm³/mol. The fourth-order valence-corrected chi connectivity index (χ4v) is 9.14. The number of nitrogens with zero attached hydrogens (tertiary/aromatic N) is 2. The largest absolute Gasteiger partial charge is 0.374 e. The van der Waals surface area contributed by atoms with Crippen LogP contribution in [0.1, 0.15) is 66.1 Å². The molecule has 0 fully saturated rings. The van der Waals surface area contributed by atoms with Crippen molar-refractivity contribution in [3.05, 3.63) is 184 Å². The lowest BCUT2D eigenvalue weighted by Gasteiger charge is -2.34. The van der Waals surface area contributed by atoms with E-state index in [1.54, 1.807) is 0 Å². The molecule has 1 N–H and O–H groups in total. The van der Waals surface area contributed by atoms with Crippen LogP contribution in [0.25, 0.3) is 56.8 Å². The lowest BCUT2D eigenvalue weighted by atomic mass is 9.69. The summed E-state index contributed by atoms with van der Waals surface area (Å²) < 4.78 is 0. The molecule has 51 heavy (non-hydrogen) atoms. The minimum Gasteiger partial charge on any atom is -0.374 e. The number of hydrogen-bond donors (Lipinski definition) is 1. The van der Waals surface area contributed by atoms with Crippen molar-refractivity contribution in [2.75, 3.05) is 5.32 Å². The maximum absolute atomic E-state index is 5.03. The molecule has 244 valence electrons. The van der Waals surface area contributed by atoms with Gasteiger partial charge >= 0.3 is 0 Å². The van der Waals surface area contributed by atoms with Crippen LogP contribution in [-0.2, 0) is 5.41 Å². The van der Waals surface area contributed by atoms with Crippen molar-refractivity contribution in [1.29, 1.82) is 0 Å². The Labute approximate surface area is 298 Å². The minimum absolute atomic E-state index is 0.0347. The molecule has 0 saturated carbocycles. The SMILES string of the molecule is C1=c2ncc(-c3cccc(C4Nc5ccccc5-c5cc6c(cc54)-c4ccccc4C64c5ccccc5-c5ccccc54)c3)nc2=CCC1.CC. The van der Waals surface area contributed by atoms with Gasteiger partial charge in [-0.3, -0.25) is 4.98 Å². The molecule has 3 aliphatic carbocycles. The monoisotopic (exact) mass is 655 g/mol. The second kappa shape index (κ2) is 11.5. The fraction of sp³-hybridized carbons (Fsp3) is 0.125. The highest BCUT2D eigenvalue weighted by molar-refractivity contribution is 5.98. The fourth-order valence-electron chi connectivity index (χ4n) is 9.14. The first-order valence-electron chi connectivity index (χ1n) is 18.3. The van der Waals surface area contributed by atoms with Gasteiger partial charge in [0.15, 0.2) is 0 Å². The van der Waals surface area contributed by atoms with E-state index in [2.05, 4.69) is 151 Å². The molecule has 0 radical (unpaired) electrons. The maximum Gasteiger partial charge on any atom is 0.0892 e. The second-order valence-corrected chi connectivity index (χ2v) is 13.6. The Balaban J connectivity index is 0.00000161. The van der Waals surface area contributed by atoms with Crippen LogP contribution in [0, 0.1) is 0 Å². The average molecular weight is 656 g/mol. The molecular weight excluding hydrogens is 619 g/mol. The zero-order chi connectivity index (χ0) is 34.1. The van der Waals surface area contributed by atoms with Crippen LogP contribution in [0.3, 0.4) is 0 Å². The molecule has 1 aliphatic heterocycles. The minimum atomic E-state index is -0.372. The van der Waals surface area contributed by atoms with Gasteiger partial charge in [-0.25, -0.2) is 4.98 Å². The number of hydrogen-bond acceptors (Lipinski definition) is 3. The molecule has 7 aromatic rings. The standard InChI is InChI=1S/C46H31N3.C2H6/c1-5-18-37-30(14-1)31-15-2-6-19-38(31)46(37)39-20-7-3-16-32(39)35-25-36-34(26-40(35)46)33-17-4-8-21-41(33)49-45(36)29-13-11-12-28(24-29)44-27-47-42-22-9-10-23-43(42)48-44;1-2/h1-8,11-27,45,49H,9-10H2;1-2H3. The molecule has 1 unspecified atom stereocenters. The Hall–Kier alpha value is -6.06. The summed E-state index contributed by atoms with van der Waals surface area (Å²) >= 11 is 0. The Morgan fingerprint density at radius 3 is 1.86 bits per heavy atom. The van der Waals surface area contributed by atoms with E-state index >= 15 is 0 Å². The summed E-state index contributed by atoms with van der Waals surface area (Å²) in [6.45, 7) is 4.00. The lowest BCUT2D eigenvalue weighted by Crippen LogP contribution is -2.33. The predicted octanol–water partition coefficient (Wildman–Crippen LogP) is 10.0. The number of anilines is 1. The molecule has 0 bridgehead atoms. The Kier molecular flexibility index (Phi) is 6.72. The number of rotatable bonds is 2. The van der Waals surface area contributed by atoms with Crippen LogP contribution in [0.15, 0.2) is 140 Å². The van der Waals surface area contributed by atoms with E-state index in [1.165, 1.54) is 66.8 Å². The molecular formula is C48H37N3. The summed E-state index contributed by atoms with van der Waals surface area (Å²) in [5.74, 6) is 0. The van der Waals surface area contributed by atoms with Gasteiger partial charge in [0.25, 0.3) is 0 Å². The van der Waals surface area contributed by atoms with E-state index in [4.69, 9.17) is 9.97 Å². The normalized spacial score (nSPS) is 15.9. The van der Waals surface area contributed by atoms with E-state index < -0.39 is 0 Å². The number of nitrogens with one attached hydrogen (secondary N) is 1. The van der Waals surface area contributed by atoms with Crippen LogP contribution in [0.2, 0.25) is 0 Å². The number of fused-ring (bicyclic) bond motifs is 14. The number of para-hydroxylation sites is 1. The van der Waals surface area contributed by atoms with Crippen molar-refractivity contribution >= 4 is 17.8 Å². The van der Waals surface area contributed by atoms with Crippen molar-refractivity contribution in [1.82, 2.24) is 9.97 Å². The highest BCUT2D eigenvalue weighted by atomic mass is 14.9. The van der Waals surface area contributed by atoms with Gasteiger partial charge in [-0.05, 0) is 98.3 Å². The van der Waals surface area contributed by atoms with Crippen LogP contribution < -0.4 is 16.0 Å². The molecule has 2 heterocycles. The van der Waals surface area contributed by atoms with Crippen LogP contribution in [0.5, 0.6) is 0 Å². The summed E-state index contributed by atoms with van der Waals surface area (Å²) in [5.41, 5.74) is 18.6. The smallest absolute Gasteiger partial charge is 0.0892 e. The summed E-state index contributed by atoms with van der Waals surface area (Å²) in [4.78, 5) is 9.80. The highest BCUT2D eigenvalue weighted by Crippen LogP contribution is 2.64. The molecule has 4 aliphatic rings. The Morgan fingerprint density at radius 2 is 1.16 bits per heavy atom. The van der Waals surface area contributed by atoms with Gasteiger partial charge in [0, 0.05) is 16.8 Å². The Bertz CT molecular complexity index is 2620. The zero-order valence-electron chi connectivity index (χ0n) is 28.8. The lowest BCUT2D eigenvalue weighted by molar-refractivity contribution is 0.792. The van der Waals surface area contributed by atoms with Crippen molar-refractivity contribution in [3.8, 4) is 44.6 Å². The zero-order valence-corrected chi connectivity index (χ0v) is 28.8. The molecule has 1 atom stereocenters. The van der Waals surface area contributed by atoms with Gasteiger partial charge in [-0.15, -0.1) is 0 Å². The molecule has 0 saturated heterocycles. The van der Waals surface area contributed by atoms with E-state index in [0.29, 0.717) is 0 Å². The van der Waals surface area contributed by atoms with Gasteiger partial charge in [-0.2, -0.15) is 0 Å². The van der Waals surface area contributed by atoms with Crippen molar-refractivity contribution in [3.63, 3.8) is 0 Å². The van der Waals surface area contributed by atoms with E-state index in [-0.39, 0.29) is 11.5 Å². The molecule has 3 heteroatoms. The summed E-state index contributed by atoms with van der Waals surface area (Å²) in [5, 5.41) is 5.94. The van der Waals surface area contributed by atoms with Crippen molar-refractivity contribution in [2.24, 2.45) is 0 Å². The third-order valence-electron chi connectivity index (χ3n) is 11.2. The van der Waals surface area contributed by atoms with Gasteiger partial charge in [0.1, 0.15) is 0 Å². The quantitative estimate of drug-likeness (QED) is 0.201. The highest BCUT2D eigenvalue weighted by Gasteiger charge is 2.52. The molecule has 1 aromatic heterocycles. The van der Waals surface area contributed by atoms with E-state index in [1.807, 2.05) is 20.0 Å². The van der Waals surface area contributed by atoms with Crippen molar-refractivity contribution < 1.29 is 0 Å². The van der Waals surface area contributed by atoms with Gasteiger partial charge in [-0.1, -0.05) is 135 Å². The maximum atomic E-state index is 5.03. The topological polar surface area (TPSA) is 37.8 Å². The summed E-state index contributed by atoms with van der Waals surface area (Å²) in [6, 6.07) is 49.8. The van der Waals surface area contributed by atoms with E-state index in [0.717, 1.165) is 40.5 Å². The van der Waals surface area contributed by atoms with Crippen LogP contribution >= 0.6 is 0 Å². The summed E-state index contributed by atoms with van der Waals surface area (Å²) in [6.07, 6.45) is 8.36. The molecule has 1 spiro atoms. The Morgan fingerprint density at radius 1 is 0.549 bits per heavy atom. The van der Waals surface area contributed by atoms with Gasteiger partial charge in [0.2, 0.25) is 0 Å². The average Bonchev–Trinajstić information content (AvgIpc) is 3.67. The molecule has 0 amide bonds. The third kappa shape index (κ3) is 4.18. The first-order chi connectivity index (χ1) is 25.3. The first kappa shape index (κ1) is 29.8. The number of benzene rings is 6. The third-order valence-corrected chi connectivity index (χ3v) is 11.2. The summed E-state index contributed by atoms with van der Waals surface area (Å²) in [7, 11) is 0. The van der Waals surface area contributed by atoms with Crippen LogP contribution in [-0.4, -0.2) is 9.97 Å². The van der Waals surface area contributed by atoms with Gasteiger partial charge < -0.3 is 5.32 Å². The van der Waals surface area contributed by atoms with E-state index in [9.17, 15) is 0 Å². The van der Waals surface area contributed by atoms with Crippen LogP contribution in [0.4, 0.5) is 5.69 Å².